The van der Waals surface area contributed by atoms with Crippen molar-refractivity contribution in [2.45, 2.75) is 13.0 Å². The zero-order chi connectivity index (χ0) is 18.0. The first-order chi connectivity index (χ1) is 12.0. The van der Waals surface area contributed by atoms with Gasteiger partial charge in [0.15, 0.2) is 6.10 Å². The zero-order valence-electron chi connectivity index (χ0n) is 13.6. The van der Waals surface area contributed by atoms with Gasteiger partial charge in [-0.2, -0.15) is 0 Å². The Morgan fingerprint density at radius 2 is 1.88 bits per heavy atom. The summed E-state index contributed by atoms with van der Waals surface area (Å²) in [4.78, 5) is 23.5. The summed E-state index contributed by atoms with van der Waals surface area (Å²) < 4.78 is 15.4. The number of fused-ring (bicyclic) bond motifs is 1. The molecule has 0 saturated carbocycles. The molecule has 0 aliphatic carbocycles. The maximum Gasteiger partial charge on any atom is 0.346 e. The molecule has 0 unspecified atom stereocenters. The van der Waals surface area contributed by atoms with Gasteiger partial charge < -0.3 is 13.9 Å². The van der Waals surface area contributed by atoms with Crippen LogP contribution in [0.4, 0.5) is 0 Å². The molecule has 0 bridgehead atoms. The summed E-state index contributed by atoms with van der Waals surface area (Å²) >= 11 is 6.30. The summed E-state index contributed by atoms with van der Waals surface area (Å²) in [7, 11) is 1.27. The van der Waals surface area contributed by atoms with E-state index in [1.54, 1.807) is 13.0 Å². The lowest BCUT2D eigenvalue weighted by atomic mass is 10.0. The Kier molecular flexibility index (Phi) is 4.76. The summed E-state index contributed by atoms with van der Waals surface area (Å²) in [6, 6.07) is 14.0. The first kappa shape index (κ1) is 17.0. The van der Waals surface area contributed by atoms with Crippen molar-refractivity contribution in [3.05, 3.63) is 64.0 Å². The number of esters is 1. The third-order valence-electron chi connectivity index (χ3n) is 3.72. The van der Waals surface area contributed by atoms with Gasteiger partial charge in [-0.1, -0.05) is 41.9 Å². The highest BCUT2D eigenvalue weighted by atomic mass is 35.5. The molecule has 1 atom stereocenters. The minimum absolute atomic E-state index is 0.237. The van der Waals surface area contributed by atoms with Crippen LogP contribution in [0.5, 0.6) is 5.75 Å². The molecule has 0 radical (unpaired) electrons. The maximum absolute atomic E-state index is 11.9. The lowest BCUT2D eigenvalue weighted by Gasteiger charge is -2.14. The molecule has 25 heavy (non-hydrogen) atoms. The fourth-order valence-corrected chi connectivity index (χ4v) is 2.72. The third-order valence-corrected chi connectivity index (χ3v) is 4.01. The number of benzene rings is 2. The van der Waals surface area contributed by atoms with Crippen LogP contribution in [-0.2, 0) is 9.53 Å². The second-order valence-electron chi connectivity index (χ2n) is 5.41. The summed E-state index contributed by atoms with van der Waals surface area (Å²) in [6.45, 7) is 1.54. The highest BCUT2D eigenvalue weighted by Crippen LogP contribution is 2.35. The normalized spacial score (nSPS) is 12.0. The highest BCUT2D eigenvalue weighted by Gasteiger charge is 2.18. The summed E-state index contributed by atoms with van der Waals surface area (Å²) in [5.41, 5.74) is 1.41. The molecule has 0 amide bonds. The summed E-state index contributed by atoms with van der Waals surface area (Å²) in [5.74, 6) is -0.295. The van der Waals surface area contributed by atoms with Crippen molar-refractivity contribution >= 4 is 28.5 Å². The molecule has 0 saturated heterocycles. The molecule has 1 aromatic heterocycles. The van der Waals surface area contributed by atoms with Crippen LogP contribution in [0.2, 0.25) is 5.02 Å². The maximum atomic E-state index is 11.9. The van der Waals surface area contributed by atoms with Gasteiger partial charge in [0.25, 0.3) is 0 Å². The third kappa shape index (κ3) is 3.51. The first-order valence-electron chi connectivity index (χ1n) is 7.57. The number of hydrogen-bond donors (Lipinski definition) is 0. The van der Waals surface area contributed by atoms with Crippen LogP contribution in [0.3, 0.4) is 0 Å². The van der Waals surface area contributed by atoms with E-state index in [4.69, 9.17) is 20.8 Å². The number of hydrogen-bond acceptors (Lipinski definition) is 5. The number of carbonyl (C=O) groups is 1. The predicted octanol–water partition coefficient (Wildman–Crippen LogP) is 4.05. The summed E-state index contributed by atoms with van der Waals surface area (Å²) in [5, 5.41) is 0.975. The molecule has 2 aromatic carbocycles. The minimum Gasteiger partial charge on any atom is -0.477 e. The van der Waals surface area contributed by atoms with Gasteiger partial charge >= 0.3 is 11.6 Å². The van der Waals surface area contributed by atoms with Gasteiger partial charge in [0.1, 0.15) is 11.3 Å². The Bertz CT molecular complexity index is 978. The Labute approximate surface area is 148 Å². The monoisotopic (exact) mass is 358 g/mol. The molecule has 128 valence electrons. The number of halogens is 1. The number of carbonyl (C=O) groups excluding carboxylic acids is 1. The van der Waals surface area contributed by atoms with Crippen molar-refractivity contribution in [1.82, 2.24) is 0 Å². The number of methoxy groups -OCH3 is 1. The standard InChI is InChI=1S/C19H15ClO5/c1-11(19(22)23-2)24-17-10-16-14(8-15(17)20)13(9-18(21)25-16)12-6-4-3-5-7-12/h3-11H,1-2H3/t11-/m1/s1. The molecule has 0 aliphatic rings. The average Bonchev–Trinajstić information content (AvgIpc) is 2.62. The van der Waals surface area contributed by atoms with Crippen LogP contribution < -0.4 is 10.4 Å². The Morgan fingerprint density at radius 3 is 2.56 bits per heavy atom. The van der Waals surface area contributed by atoms with Crippen molar-refractivity contribution in [2.75, 3.05) is 7.11 Å². The Morgan fingerprint density at radius 1 is 1.16 bits per heavy atom. The van der Waals surface area contributed by atoms with E-state index in [-0.39, 0.29) is 5.75 Å². The van der Waals surface area contributed by atoms with E-state index in [0.29, 0.717) is 21.6 Å². The molecule has 0 aliphatic heterocycles. The zero-order valence-corrected chi connectivity index (χ0v) is 14.4. The Balaban J connectivity index is 2.13. The molecular weight excluding hydrogens is 344 g/mol. The first-order valence-corrected chi connectivity index (χ1v) is 7.94. The van der Waals surface area contributed by atoms with Gasteiger partial charge in [-0.05, 0) is 24.1 Å². The van der Waals surface area contributed by atoms with E-state index < -0.39 is 17.7 Å². The fourth-order valence-electron chi connectivity index (χ4n) is 2.51. The van der Waals surface area contributed by atoms with E-state index in [1.807, 2.05) is 30.3 Å². The molecular formula is C19H15ClO5. The topological polar surface area (TPSA) is 65.7 Å². The lowest BCUT2D eigenvalue weighted by molar-refractivity contribution is -0.147. The van der Waals surface area contributed by atoms with Crippen LogP contribution in [0, 0.1) is 0 Å². The number of rotatable bonds is 4. The molecule has 0 fully saturated rings. The van der Waals surface area contributed by atoms with Crippen LogP contribution in [0.25, 0.3) is 22.1 Å². The Hall–Kier alpha value is -2.79. The van der Waals surface area contributed by atoms with E-state index in [0.717, 1.165) is 5.56 Å². The molecule has 0 spiro atoms. The van der Waals surface area contributed by atoms with Gasteiger partial charge in [0, 0.05) is 17.5 Å². The molecule has 3 aromatic rings. The van der Waals surface area contributed by atoms with Gasteiger partial charge in [-0.3, -0.25) is 0 Å². The van der Waals surface area contributed by atoms with E-state index in [1.165, 1.54) is 19.2 Å². The number of ether oxygens (including phenoxy) is 2. The van der Waals surface area contributed by atoms with Crippen LogP contribution in [0.1, 0.15) is 6.92 Å². The largest absolute Gasteiger partial charge is 0.477 e. The second-order valence-corrected chi connectivity index (χ2v) is 5.81. The average molecular weight is 359 g/mol. The van der Waals surface area contributed by atoms with Gasteiger partial charge in [-0.25, -0.2) is 9.59 Å². The predicted molar refractivity (Wildman–Crippen MR) is 95.0 cm³/mol. The van der Waals surface area contributed by atoms with Crippen LogP contribution >= 0.6 is 11.6 Å². The SMILES string of the molecule is COC(=O)[C@@H](C)Oc1cc2oc(=O)cc(-c3ccccc3)c2cc1Cl. The van der Waals surface area contributed by atoms with Crippen molar-refractivity contribution < 1.29 is 18.7 Å². The van der Waals surface area contributed by atoms with E-state index in [2.05, 4.69) is 4.74 Å². The van der Waals surface area contributed by atoms with Crippen LogP contribution in [0.15, 0.2) is 57.7 Å². The molecule has 6 heteroatoms. The van der Waals surface area contributed by atoms with Crippen molar-refractivity contribution in [1.29, 1.82) is 0 Å². The van der Waals surface area contributed by atoms with Crippen molar-refractivity contribution in [3.63, 3.8) is 0 Å². The quantitative estimate of drug-likeness (QED) is 0.520. The van der Waals surface area contributed by atoms with Crippen molar-refractivity contribution in [3.8, 4) is 16.9 Å². The van der Waals surface area contributed by atoms with E-state index in [9.17, 15) is 9.59 Å². The molecule has 1 heterocycles. The molecule has 5 nitrogen and oxygen atoms in total. The van der Waals surface area contributed by atoms with E-state index >= 15 is 0 Å². The van der Waals surface area contributed by atoms with Gasteiger partial charge in [-0.15, -0.1) is 0 Å². The highest BCUT2D eigenvalue weighted by molar-refractivity contribution is 6.33. The smallest absolute Gasteiger partial charge is 0.346 e. The molecule has 3 rings (SSSR count). The van der Waals surface area contributed by atoms with Gasteiger partial charge in [0.05, 0.1) is 12.1 Å². The van der Waals surface area contributed by atoms with Gasteiger partial charge in [0.2, 0.25) is 0 Å². The fraction of sp³-hybridized carbons (Fsp3) is 0.158. The minimum atomic E-state index is -0.844. The van der Waals surface area contributed by atoms with Crippen LogP contribution in [-0.4, -0.2) is 19.2 Å². The van der Waals surface area contributed by atoms with Crippen molar-refractivity contribution in [2.24, 2.45) is 0 Å². The second kappa shape index (κ2) is 6.99. The molecule has 0 N–H and O–H groups in total. The lowest BCUT2D eigenvalue weighted by Crippen LogP contribution is -2.25. The summed E-state index contributed by atoms with van der Waals surface area (Å²) in [6.07, 6.45) is -0.844.